The Hall–Kier alpha value is -1.53. The van der Waals surface area contributed by atoms with Crippen LogP contribution in [0.3, 0.4) is 0 Å². The topological polar surface area (TPSA) is 49.8 Å². The first-order valence-electron chi connectivity index (χ1n) is 6.56. The molecule has 1 aromatic rings. The molecule has 19 heavy (non-hydrogen) atoms. The third-order valence-electron chi connectivity index (χ3n) is 2.63. The predicted octanol–water partition coefficient (Wildman–Crippen LogP) is 3.41. The van der Waals surface area contributed by atoms with Crippen molar-refractivity contribution in [2.75, 3.05) is 5.73 Å². The molecule has 0 unspecified atom stereocenters. The summed E-state index contributed by atoms with van der Waals surface area (Å²) in [5, 5.41) is 10.8. The maximum Gasteiger partial charge on any atom is 0.105 e. The number of nitrogens with two attached hydrogens (primary N) is 1. The summed E-state index contributed by atoms with van der Waals surface area (Å²) in [4.78, 5) is 0. The lowest BCUT2D eigenvalue weighted by atomic mass is 9.99. The molecule has 0 aliphatic rings. The Balaban J connectivity index is 0.00000154. The first-order valence-corrected chi connectivity index (χ1v) is 7.38. The third-order valence-corrected chi connectivity index (χ3v) is 3.87. The van der Waals surface area contributed by atoms with Crippen LogP contribution in [-0.4, -0.2) is 0 Å². The molecule has 0 spiro atoms. The Labute approximate surface area is 120 Å². The fraction of sp³-hybridized carbons (Fsp3) is 0.438. The van der Waals surface area contributed by atoms with Gasteiger partial charge in [0.2, 0.25) is 0 Å². The summed E-state index contributed by atoms with van der Waals surface area (Å²) in [6.45, 7) is 16.1. The van der Waals surface area contributed by atoms with Gasteiger partial charge in [-0.1, -0.05) is 45.9 Å². The largest absolute Gasteiger partial charge is 0.389 e. The van der Waals surface area contributed by atoms with Crippen LogP contribution >= 0.6 is 11.3 Å². The van der Waals surface area contributed by atoms with Crippen LogP contribution in [0.1, 0.15) is 47.1 Å². The van der Waals surface area contributed by atoms with Crippen molar-refractivity contribution in [3.05, 3.63) is 28.0 Å². The minimum atomic E-state index is 0.326. The number of nitrogen functional groups attached to an aromatic ring is 1. The molecule has 2 N–H and O–H groups in total. The Kier molecular flexibility index (Phi) is 7.18. The van der Waals surface area contributed by atoms with Gasteiger partial charge in [0.15, 0.2) is 0 Å². The number of hydrogen-bond donors (Lipinski definition) is 1. The minimum absolute atomic E-state index is 0.326. The molecule has 0 aromatic carbocycles. The van der Waals surface area contributed by atoms with E-state index in [0.29, 0.717) is 16.5 Å². The van der Waals surface area contributed by atoms with Crippen molar-refractivity contribution in [1.29, 1.82) is 5.26 Å². The molecule has 0 bridgehead atoms. The van der Waals surface area contributed by atoms with E-state index >= 15 is 0 Å². The zero-order valence-corrected chi connectivity index (χ0v) is 13.6. The van der Waals surface area contributed by atoms with Crippen LogP contribution in [0, 0.1) is 17.2 Å². The van der Waals surface area contributed by atoms with Gasteiger partial charge >= 0.3 is 0 Å². The average Bonchev–Trinajstić information content (AvgIpc) is 2.69. The molecule has 0 saturated carbocycles. The molecule has 1 aromatic heterocycles. The van der Waals surface area contributed by atoms with E-state index in [9.17, 15) is 5.26 Å². The smallest absolute Gasteiger partial charge is 0.105 e. The molecule has 0 radical (unpaired) electrons. The number of nitriles is 1. The molecule has 0 amide bonds. The van der Waals surface area contributed by atoms with E-state index < -0.39 is 0 Å². The Morgan fingerprint density at radius 3 is 2.21 bits per heavy atom. The summed E-state index contributed by atoms with van der Waals surface area (Å²) >= 11 is 1.48. The predicted molar refractivity (Wildman–Crippen MR) is 87.2 cm³/mol. The number of rotatable bonds is 2. The lowest BCUT2D eigenvalue weighted by molar-refractivity contribution is 0.855. The maximum atomic E-state index is 9.24. The van der Waals surface area contributed by atoms with Crippen LogP contribution < -0.4 is 15.5 Å². The van der Waals surface area contributed by atoms with Gasteiger partial charge < -0.3 is 5.73 Å². The molecule has 0 aliphatic carbocycles. The number of thiophene rings is 1. The third kappa shape index (κ3) is 3.71. The number of hydrogen-bond acceptors (Lipinski definition) is 3. The molecule has 0 saturated heterocycles. The van der Waals surface area contributed by atoms with Crippen LogP contribution in [0.25, 0.3) is 11.1 Å². The highest BCUT2D eigenvalue weighted by Crippen LogP contribution is 2.15. The van der Waals surface area contributed by atoms with Crippen molar-refractivity contribution in [2.45, 2.75) is 41.5 Å². The summed E-state index contributed by atoms with van der Waals surface area (Å²) in [5.74, 6) is 0.326. The van der Waals surface area contributed by atoms with Crippen molar-refractivity contribution in [3.63, 3.8) is 0 Å². The van der Waals surface area contributed by atoms with E-state index in [0.717, 1.165) is 15.3 Å². The second-order valence-electron chi connectivity index (χ2n) is 4.47. The molecule has 2 nitrogen and oxygen atoms in total. The van der Waals surface area contributed by atoms with E-state index in [4.69, 9.17) is 5.73 Å². The molecule has 1 rings (SSSR count). The van der Waals surface area contributed by atoms with E-state index in [1.54, 1.807) is 0 Å². The summed E-state index contributed by atoms with van der Waals surface area (Å²) in [6.07, 6.45) is 1.83. The van der Waals surface area contributed by atoms with E-state index in [-0.39, 0.29) is 0 Å². The first kappa shape index (κ1) is 17.5. The van der Waals surface area contributed by atoms with Gasteiger partial charge in [-0.05, 0) is 25.3 Å². The van der Waals surface area contributed by atoms with Gasteiger partial charge in [-0.3, -0.25) is 0 Å². The zero-order chi connectivity index (χ0) is 15.2. The second kappa shape index (κ2) is 7.81. The van der Waals surface area contributed by atoms with Crippen molar-refractivity contribution in [1.82, 2.24) is 0 Å². The SMILES string of the molecule is C=C/C(=c1/c(C#N)c(N)sc1=C(C)C)C(C)C.CC. The lowest BCUT2D eigenvalue weighted by Gasteiger charge is -2.05. The van der Waals surface area contributed by atoms with Gasteiger partial charge in [0.1, 0.15) is 11.1 Å². The van der Waals surface area contributed by atoms with Gasteiger partial charge in [0.05, 0.1) is 5.56 Å². The van der Waals surface area contributed by atoms with Crippen molar-refractivity contribution >= 4 is 27.5 Å². The highest BCUT2D eigenvalue weighted by molar-refractivity contribution is 7.14. The Morgan fingerprint density at radius 1 is 1.37 bits per heavy atom. The van der Waals surface area contributed by atoms with E-state index in [1.807, 2.05) is 33.8 Å². The number of nitrogens with zero attached hydrogens (tertiary/aromatic N) is 1. The van der Waals surface area contributed by atoms with Gasteiger partial charge in [-0.25, -0.2) is 0 Å². The van der Waals surface area contributed by atoms with Gasteiger partial charge in [-0.15, -0.1) is 11.3 Å². The number of anilines is 1. The van der Waals surface area contributed by atoms with Gasteiger partial charge in [-0.2, -0.15) is 5.26 Å². The summed E-state index contributed by atoms with van der Waals surface area (Å²) in [7, 11) is 0. The van der Waals surface area contributed by atoms with E-state index in [2.05, 4.69) is 26.5 Å². The molecule has 0 fully saturated rings. The van der Waals surface area contributed by atoms with Crippen molar-refractivity contribution in [3.8, 4) is 6.07 Å². The Bertz CT molecular complexity index is 594. The monoisotopic (exact) mass is 276 g/mol. The maximum absolute atomic E-state index is 9.24. The average molecular weight is 276 g/mol. The van der Waals surface area contributed by atoms with Crippen LogP contribution in [0.2, 0.25) is 0 Å². The fourth-order valence-corrected chi connectivity index (χ4v) is 2.81. The molecular weight excluding hydrogens is 252 g/mol. The van der Waals surface area contributed by atoms with Crippen LogP contribution in [0.5, 0.6) is 0 Å². The first-order chi connectivity index (χ1) is 8.93. The van der Waals surface area contributed by atoms with Gasteiger partial charge in [0, 0.05) is 9.75 Å². The normalized spacial score (nSPS) is 11.3. The number of allylic oxidation sites excluding steroid dienone is 1. The molecule has 104 valence electrons. The second-order valence-corrected chi connectivity index (χ2v) is 5.52. The summed E-state index contributed by atoms with van der Waals surface area (Å²) in [6, 6.07) is 2.21. The Morgan fingerprint density at radius 2 is 1.89 bits per heavy atom. The quantitative estimate of drug-likeness (QED) is 0.900. The highest BCUT2D eigenvalue weighted by atomic mass is 32.1. The minimum Gasteiger partial charge on any atom is -0.389 e. The summed E-state index contributed by atoms with van der Waals surface area (Å²) in [5.41, 5.74) is 8.78. The zero-order valence-electron chi connectivity index (χ0n) is 12.8. The van der Waals surface area contributed by atoms with Gasteiger partial charge in [0.25, 0.3) is 0 Å². The standard InChI is InChI=1S/C14H18N2S.C2H6/c1-6-10(8(2)3)12-11(7-15)14(16)17-13(12)9(4)5;1-2/h6,8H,1,16H2,2-5H3;1-2H3/b12-10+;. The fourth-order valence-electron chi connectivity index (χ4n) is 1.81. The van der Waals surface area contributed by atoms with Crippen molar-refractivity contribution in [2.24, 2.45) is 5.92 Å². The molecule has 1 heterocycles. The molecule has 3 heteroatoms. The molecular formula is C16H24N2S. The highest BCUT2D eigenvalue weighted by Gasteiger charge is 2.11. The molecule has 0 atom stereocenters. The van der Waals surface area contributed by atoms with Crippen LogP contribution in [0.15, 0.2) is 12.7 Å². The van der Waals surface area contributed by atoms with Crippen LogP contribution in [0.4, 0.5) is 5.00 Å². The van der Waals surface area contributed by atoms with Crippen LogP contribution in [-0.2, 0) is 0 Å². The summed E-state index contributed by atoms with van der Waals surface area (Å²) < 4.78 is 1.10. The molecule has 0 aliphatic heterocycles. The van der Waals surface area contributed by atoms with Crippen molar-refractivity contribution < 1.29 is 0 Å². The van der Waals surface area contributed by atoms with E-state index in [1.165, 1.54) is 16.9 Å². The lowest BCUT2D eigenvalue weighted by Crippen LogP contribution is -2.26.